The molecule has 0 saturated heterocycles. The van der Waals surface area contributed by atoms with Crippen molar-refractivity contribution in [2.24, 2.45) is 5.84 Å². The lowest BCUT2D eigenvalue weighted by atomic mass is 10.0. The van der Waals surface area contributed by atoms with Gasteiger partial charge in [-0.15, -0.1) is 0 Å². The third-order valence-corrected chi connectivity index (χ3v) is 2.59. The van der Waals surface area contributed by atoms with Crippen LogP contribution in [0.25, 0.3) is 0 Å². The number of halogens is 4. The van der Waals surface area contributed by atoms with Crippen molar-refractivity contribution < 1.29 is 17.6 Å². The van der Waals surface area contributed by atoms with Crippen LogP contribution in [0.15, 0.2) is 30.6 Å². The molecule has 0 bridgehead atoms. The third kappa shape index (κ3) is 2.74. The highest BCUT2D eigenvalue weighted by Crippen LogP contribution is 2.32. The molecule has 102 valence electrons. The van der Waals surface area contributed by atoms with Crippen LogP contribution in [0.5, 0.6) is 0 Å². The van der Waals surface area contributed by atoms with Crippen molar-refractivity contribution in [2.75, 3.05) is 0 Å². The van der Waals surface area contributed by atoms with Crippen LogP contribution in [0.2, 0.25) is 0 Å². The fourth-order valence-corrected chi connectivity index (χ4v) is 1.71. The molecule has 0 radical (unpaired) electrons. The van der Waals surface area contributed by atoms with Crippen molar-refractivity contribution >= 4 is 0 Å². The fourth-order valence-electron chi connectivity index (χ4n) is 1.71. The van der Waals surface area contributed by atoms with E-state index in [1.54, 1.807) is 0 Å². The molecule has 0 spiro atoms. The van der Waals surface area contributed by atoms with Crippen molar-refractivity contribution in [3.63, 3.8) is 0 Å². The molecular weight excluding hydrogens is 264 g/mol. The van der Waals surface area contributed by atoms with Crippen molar-refractivity contribution in [3.8, 4) is 0 Å². The summed E-state index contributed by atoms with van der Waals surface area (Å²) in [5.74, 6) is 4.34. The first-order valence-electron chi connectivity index (χ1n) is 5.25. The first kappa shape index (κ1) is 13.5. The minimum absolute atomic E-state index is 0.239. The first-order chi connectivity index (χ1) is 8.93. The van der Waals surface area contributed by atoms with Gasteiger partial charge in [-0.05, 0) is 17.7 Å². The smallest absolute Gasteiger partial charge is 0.347 e. The third-order valence-electron chi connectivity index (χ3n) is 2.59. The Hall–Kier alpha value is -1.93. The van der Waals surface area contributed by atoms with E-state index < -0.39 is 23.6 Å². The van der Waals surface area contributed by atoms with E-state index >= 15 is 0 Å². The normalized spacial score (nSPS) is 13.5. The van der Waals surface area contributed by atoms with E-state index in [0.717, 1.165) is 12.1 Å². The summed E-state index contributed by atoms with van der Waals surface area (Å²) in [5, 5.41) is 0. The number of alkyl halides is 3. The van der Waals surface area contributed by atoms with E-state index in [9.17, 15) is 17.6 Å². The standard InChI is InChI=1S/C11H10F4N4/c12-8-5-6(1-2-7(8)11(13,14)15)9(19-16)10-17-3-4-18-10/h1-5,9,19H,16H2,(H,17,18). The van der Waals surface area contributed by atoms with Gasteiger partial charge in [0.25, 0.3) is 0 Å². The second-order valence-corrected chi connectivity index (χ2v) is 3.81. The summed E-state index contributed by atoms with van der Waals surface area (Å²) in [4.78, 5) is 6.67. The van der Waals surface area contributed by atoms with Crippen LogP contribution in [0, 0.1) is 5.82 Å². The van der Waals surface area contributed by atoms with Gasteiger partial charge in [0.15, 0.2) is 0 Å². The topological polar surface area (TPSA) is 66.7 Å². The summed E-state index contributed by atoms with van der Waals surface area (Å²) in [6.07, 6.45) is -1.74. The maximum atomic E-state index is 13.5. The fraction of sp³-hybridized carbons (Fsp3) is 0.182. The highest BCUT2D eigenvalue weighted by molar-refractivity contribution is 5.31. The Bertz CT molecular complexity index is 550. The molecule has 8 heteroatoms. The Balaban J connectivity index is 2.39. The van der Waals surface area contributed by atoms with E-state index in [0.29, 0.717) is 11.9 Å². The number of nitrogens with two attached hydrogens (primary N) is 1. The highest BCUT2D eigenvalue weighted by atomic mass is 19.4. The van der Waals surface area contributed by atoms with Gasteiger partial charge in [-0.3, -0.25) is 5.84 Å². The summed E-state index contributed by atoms with van der Waals surface area (Å²) in [6, 6.07) is 1.90. The van der Waals surface area contributed by atoms with Gasteiger partial charge in [-0.1, -0.05) is 6.07 Å². The monoisotopic (exact) mass is 274 g/mol. The number of hydrogen-bond donors (Lipinski definition) is 3. The van der Waals surface area contributed by atoms with Gasteiger partial charge in [-0.25, -0.2) is 14.8 Å². The van der Waals surface area contributed by atoms with Gasteiger partial charge >= 0.3 is 6.18 Å². The molecule has 0 amide bonds. The molecular formula is C11H10F4N4. The Morgan fingerprint density at radius 3 is 2.53 bits per heavy atom. The second-order valence-electron chi connectivity index (χ2n) is 3.81. The van der Waals surface area contributed by atoms with E-state index in [2.05, 4.69) is 15.4 Å². The maximum Gasteiger partial charge on any atom is 0.419 e. The van der Waals surface area contributed by atoms with Crippen LogP contribution in [0.1, 0.15) is 23.0 Å². The zero-order chi connectivity index (χ0) is 14.0. The quantitative estimate of drug-likeness (QED) is 0.456. The average Bonchev–Trinajstić information content (AvgIpc) is 2.82. The molecule has 2 aromatic rings. The van der Waals surface area contributed by atoms with E-state index in [4.69, 9.17) is 5.84 Å². The van der Waals surface area contributed by atoms with Gasteiger partial charge in [-0.2, -0.15) is 13.2 Å². The second kappa shape index (κ2) is 4.98. The van der Waals surface area contributed by atoms with Crippen LogP contribution < -0.4 is 11.3 Å². The van der Waals surface area contributed by atoms with Gasteiger partial charge in [0.05, 0.1) is 5.56 Å². The molecule has 0 aliphatic rings. The molecule has 1 heterocycles. The predicted octanol–water partition coefficient (Wildman–Crippen LogP) is 2.12. The first-order valence-corrected chi connectivity index (χ1v) is 5.25. The minimum Gasteiger partial charge on any atom is -0.347 e. The van der Waals surface area contributed by atoms with Crippen LogP contribution >= 0.6 is 0 Å². The molecule has 1 aromatic heterocycles. The van der Waals surface area contributed by atoms with Crippen molar-refractivity contribution in [1.82, 2.24) is 15.4 Å². The molecule has 1 unspecified atom stereocenters. The number of aromatic amines is 1. The molecule has 19 heavy (non-hydrogen) atoms. The summed E-state index contributed by atoms with van der Waals surface area (Å²) in [6.45, 7) is 0. The number of nitrogens with one attached hydrogen (secondary N) is 2. The van der Waals surface area contributed by atoms with Gasteiger partial charge in [0.1, 0.15) is 17.7 Å². The number of benzene rings is 1. The summed E-state index contributed by atoms with van der Waals surface area (Å²) < 4.78 is 50.8. The Morgan fingerprint density at radius 1 is 1.32 bits per heavy atom. The van der Waals surface area contributed by atoms with Crippen LogP contribution in [-0.4, -0.2) is 9.97 Å². The molecule has 1 atom stereocenters. The van der Waals surface area contributed by atoms with Gasteiger partial charge < -0.3 is 4.98 Å². The molecule has 0 aliphatic carbocycles. The van der Waals surface area contributed by atoms with Crippen molar-refractivity contribution in [3.05, 3.63) is 53.4 Å². The number of aromatic nitrogens is 2. The molecule has 1 aromatic carbocycles. The largest absolute Gasteiger partial charge is 0.419 e. The number of hydrogen-bond acceptors (Lipinski definition) is 3. The van der Waals surface area contributed by atoms with Crippen LogP contribution in [0.3, 0.4) is 0 Å². The zero-order valence-corrected chi connectivity index (χ0v) is 9.50. The lowest BCUT2D eigenvalue weighted by molar-refractivity contribution is -0.140. The maximum absolute atomic E-state index is 13.5. The van der Waals surface area contributed by atoms with Crippen LogP contribution in [0.4, 0.5) is 17.6 Å². The molecule has 0 aliphatic heterocycles. The zero-order valence-electron chi connectivity index (χ0n) is 9.50. The van der Waals surface area contributed by atoms with Gasteiger partial charge in [0.2, 0.25) is 0 Å². The number of H-pyrrole nitrogens is 1. The molecule has 4 nitrogen and oxygen atoms in total. The number of nitrogens with zero attached hydrogens (tertiary/aromatic N) is 1. The molecule has 4 N–H and O–H groups in total. The lowest BCUT2D eigenvalue weighted by Gasteiger charge is -2.15. The van der Waals surface area contributed by atoms with E-state index in [1.165, 1.54) is 12.4 Å². The number of hydrazine groups is 1. The lowest BCUT2D eigenvalue weighted by Crippen LogP contribution is -2.29. The number of imidazole rings is 1. The Labute approximate surface area is 105 Å². The summed E-state index contributed by atoms with van der Waals surface area (Å²) >= 11 is 0. The van der Waals surface area contributed by atoms with Crippen LogP contribution in [-0.2, 0) is 6.18 Å². The SMILES string of the molecule is NNC(c1ccc(C(F)(F)F)c(F)c1)c1ncc[nH]1. The summed E-state index contributed by atoms with van der Waals surface area (Å²) in [5.41, 5.74) is 1.29. The Kier molecular flexibility index (Phi) is 3.54. The van der Waals surface area contributed by atoms with Crippen molar-refractivity contribution in [1.29, 1.82) is 0 Å². The molecule has 0 saturated carbocycles. The van der Waals surface area contributed by atoms with Crippen molar-refractivity contribution in [2.45, 2.75) is 12.2 Å². The van der Waals surface area contributed by atoms with E-state index in [-0.39, 0.29) is 5.56 Å². The minimum atomic E-state index is -4.72. The average molecular weight is 274 g/mol. The molecule has 2 rings (SSSR count). The highest BCUT2D eigenvalue weighted by Gasteiger charge is 2.34. The van der Waals surface area contributed by atoms with Gasteiger partial charge in [0, 0.05) is 12.4 Å². The Morgan fingerprint density at radius 2 is 2.05 bits per heavy atom. The van der Waals surface area contributed by atoms with E-state index in [1.807, 2.05) is 0 Å². The molecule has 0 fully saturated rings. The summed E-state index contributed by atoms with van der Waals surface area (Å²) in [7, 11) is 0. The number of rotatable bonds is 3. The predicted molar refractivity (Wildman–Crippen MR) is 59.2 cm³/mol.